The zero-order valence-electron chi connectivity index (χ0n) is 17.7. The van der Waals surface area contributed by atoms with Crippen LogP contribution in [0.3, 0.4) is 0 Å². The van der Waals surface area contributed by atoms with Crippen LogP contribution in [0.1, 0.15) is 41.9 Å². The van der Waals surface area contributed by atoms with Gasteiger partial charge in [0.2, 0.25) is 0 Å². The predicted octanol–water partition coefficient (Wildman–Crippen LogP) is 2.59. The average molecular weight is 461 g/mol. The lowest BCUT2D eigenvalue weighted by molar-refractivity contribution is -0.0482. The van der Waals surface area contributed by atoms with E-state index in [-0.39, 0.29) is 48.3 Å². The molecule has 5 rings (SSSR count). The molecule has 8 nitrogen and oxygen atoms in total. The fraction of sp³-hybridized carbons (Fsp3) is 0.500. The molecule has 0 aromatic carbocycles. The van der Waals surface area contributed by atoms with Crippen LogP contribution in [0.25, 0.3) is 0 Å². The minimum absolute atomic E-state index is 0.0110. The molecule has 2 aliphatic heterocycles. The highest BCUT2D eigenvalue weighted by atomic mass is 32.2. The van der Waals surface area contributed by atoms with Crippen molar-refractivity contribution in [1.29, 1.82) is 0 Å². The average Bonchev–Trinajstić information content (AvgIpc) is 3.55. The fourth-order valence-corrected chi connectivity index (χ4v) is 5.89. The van der Waals surface area contributed by atoms with E-state index in [0.29, 0.717) is 17.5 Å². The zero-order chi connectivity index (χ0) is 22.5. The first-order chi connectivity index (χ1) is 15.3. The number of rotatable bonds is 4. The summed E-state index contributed by atoms with van der Waals surface area (Å²) in [7, 11) is -3.11. The highest BCUT2D eigenvalue weighted by Crippen LogP contribution is 2.53. The molecule has 1 aliphatic carbocycles. The first kappa shape index (κ1) is 21.3. The molecule has 0 radical (unpaired) electrons. The van der Waals surface area contributed by atoms with Crippen LogP contribution in [0.2, 0.25) is 0 Å². The molecule has 0 bridgehead atoms. The SMILES string of the molecule is C[C@H]1O[C@@H](c2ccncc2NC(=O)c2ccc(F)c(N3CCS(=O)(=O)CC3)n2)C[C@H]2C[C@H]21. The highest BCUT2D eigenvalue weighted by molar-refractivity contribution is 7.91. The third-order valence-corrected chi connectivity index (χ3v) is 8.24. The summed E-state index contributed by atoms with van der Waals surface area (Å²) >= 11 is 0. The van der Waals surface area contributed by atoms with Crippen LogP contribution in [-0.2, 0) is 14.6 Å². The predicted molar refractivity (Wildman–Crippen MR) is 117 cm³/mol. The van der Waals surface area contributed by atoms with Gasteiger partial charge in [0.1, 0.15) is 5.69 Å². The number of hydrogen-bond donors (Lipinski definition) is 1. The number of pyridine rings is 2. The number of halogens is 1. The molecule has 2 aromatic heterocycles. The van der Waals surface area contributed by atoms with Gasteiger partial charge in [-0.1, -0.05) is 0 Å². The Balaban J connectivity index is 1.35. The van der Waals surface area contributed by atoms with Crippen molar-refractivity contribution in [2.75, 3.05) is 34.8 Å². The van der Waals surface area contributed by atoms with Crippen LogP contribution in [0.5, 0.6) is 0 Å². The molecule has 2 aromatic rings. The van der Waals surface area contributed by atoms with E-state index in [4.69, 9.17) is 4.74 Å². The number of nitrogens with one attached hydrogen (secondary N) is 1. The number of sulfone groups is 1. The molecule has 4 heterocycles. The summed E-state index contributed by atoms with van der Waals surface area (Å²) < 4.78 is 43.9. The fourth-order valence-electron chi connectivity index (χ4n) is 4.69. The first-order valence-corrected chi connectivity index (χ1v) is 12.7. The van der Waals surface area contributed by atoms with E-state index in [1.165, 1.54) is 18.6 Å². The lowest BCUT2D eigenvalue weighted by Gasteiger charge is -2.29. The van der Waals surface area contributed by atoms with Crippen LogP contribution >= 0.6 is 0 Å². The lowest BCUT2D eigenvalue weighted by atomic mass is 9.98. The van der Waals surface area contributed by atoms with Crippen LogP contribution in [0.15, 0.2) is 30.6 Å². The van der Waals surface area contributed by atoms with Gasteiger partial charge < -0.3 is 15.0 Å². The smallest absolute Gasteiger partial charge is 0.274 e. The minimum Gasteiger partial charge on any atom is -0.370 e. The monoisotopic (exact) mass is 460 g/mol. The zero-order valence-corrected chi connectivity index (χ0v) is 18.5. The Labute approximate surface area is 186 Å². The number of hydrogen-bond acceptors (Lipinski definition) is 7. The molecule has 10 heteroatoms. The van der Waals surface area contributed by atoms with Crippen LogP contribution in [-0.4, -0.2) is 55.0 Å². The summed E-state index contributed by atoms with van der Waals surface area (Å²) in [6.07, 6.45) is 5.43. The molecule has 1 N–H and O–H groups in total. The topological polar surface area (TPSA) is 101 Å². The van der Waals surface area contributed by atoms with Gasteiger partial charge in [-0.25, -0.2) is 17.8 Å². The van der Waals surface area contributed by atoms with Gasteiger partial charge in [0.15, 0.2) is 21.5 Å². The number of carbonyl (C=O) groups excluding carboxylic acids is 1. The molecule has 170 valence electrons. The highest BCUT2D eigenvalue weighted by Gasteiger charge is 2.48. The van der Waals surface area contributed by atoms with Crippen molar-refractivity contribution in [2.24, 2.45) is 11.8 Å². The molecular formula is C22H25FN4O4S. The Morgan fingerprint density at radius 1 is 1.22 bits per heavy atom. The van der Waals surface area contributed by atoms with Crippen molar-refractivity contribution in [2.45, 2.75) is 32.0 Å². The van der Waals surface area contributed by atoms with Gasteiger partial charge in [0, 0.05) is 24.8 Å². The van der Waals surface area contributed by atoms with Gasteiger partial charge in [0.05, 0.1) is 35.6 Å². The van der Waals surface area contributed by atoms with Crippen molar-refractivity contribution in [3.63, 3.8) is 0 Å². The minimum atomic E-state index is -3.11. The Kier molecular flexibility index (Phi) is 5.37. The second kappa shape index (κ2) is 8.08. The number of aromatic nitrogens is 2. The molecule has 2 saturated heterocycles. The summed E-state index contributed by atoms with van der Waals surface area (Å²) in [6, 6.07) is 4.36. The number of carbonyl (C=O) groups is 1. The second-order valence-electron chi connectivity index (χ2n) is 8.78. The van der Waals surface area contributed by atoms with Gasteiger partial charge in [-0.05, 0) is 49.8 Å². The lowest BCUT2D eigenvalue weighted by Crippen LogP contribution is -2.41. The summed E-state index contributed by atoms with van der Waals surface area (Å²) in [5, 5.41) is 2.85. The number of nitrogens with zero attached hydrogens (tertiary/aromatic N) is 3. The molecule has 0 unspecified atom stereocenters. The summed E-state index contributed by atoms with van der Waals surface area (Å²) in [6.45, 7) is 2.37. The molecule has 3 aliphatic rings. The second-order valence-corrected chi connectivity index (χ2v) is 11.1. The van der Waals surface area contributed by atoms with E-state index in [2.05, 4.69) is 22.2 Å². The number of amides is 1. The quantitative estimate of drug-likeness (QED) is 0.748. The molecule has 0 spiro atoms. The van der Waals surface area contributed by atoms with Gasteiger partial charge in [-0.3, -0.25) is 9.78 Å². The molecule has 3 fully saturated rings. The maximum absolute atomic E-state index is 14.4. The summed E-state index contributed by atoms with van der Waals surface area (Å²) in [5.74, 6) is 0.0806. The van der Waals surface area contributed by atoms with Gasteiger partial charge in [-0.2, -0.15) is 0 Å². The van der Waals surface area contributed by atoms with Crippen LogP contribution in [0.4, 0.5) is 15.9 Å². The summed E-state index contributed by atoms with van der Waals surface area (Å²) in [4.78, 5) is 22.9. The molecule has 1 amide bonds. The third-order valence-electron chi connectivity index (χ3n) is 6.63. The third kappa shape index (κ3) is 4.21. The van der Waals surface area contributed by atoms with Gasteiger partial charge in [0.25, 0.3) is 5.91 Å². The normalized spacial score (nSPS) is 28.6. The van der Waals surface area contributed by atoms with Crippen molar-refractivity contribution < 1.29 is 22.3 Å². The van der Waals surface area contributed by atoms with Gasteiger partial charge in [-0.15, -0.1) is 0 Å². The van der Waals surface area contributed by atoms with E-state index in [1.807, 2.05) is 6.07 Å². The van der Waals surface area contributed by atoms with Crippen molar-refractivity contribution in [3.05, 3.63) is 47.7 Å². The molecule has 1 saturated carbocycles. The Morgan fingerprint density at radius 3 is 2.75 bits per heavy atom. The van der Waals surface area contributed by atoms with Crippen LogP contribution in [0, 0.1) is 17.7 Å². The Bertz CT molecular complexity index is 1140. The molecule has 4 atom stereocenters. The van der Waals surface area contributed by atoms with E-state index in [9.17, 15) is 17.6 Å². The molecule has 32 heavy (non-hydrogen) atoms. The van der Waals surface area contributed by atoms with Crippen molar-refractivity contribution >= 4 is 27.2 Å². The Morgan fingerprint density at radius 2 is 2.00 bits per heavy atom. The van der Waals surface area contributed by atoms with Crippen molar-refractivity contribution in [3.8, 4) is 0 Å². The standard InChI is InChI=1S/C22H25FN4O4S/c1-13-16-10-14(16)11-20(31-13)15-4-5-24-12-19(15)26-22(28)18-3-2-17(23)21(25-18)27-6-8-32(29,30)9-7-27/h2-5,12-14,16,20H,6-11H2,1H3,(H,26,28)/t13-,14-,16+,20-/m1/s1. The van der Waals surface area contributed by atoms with Crippen LogP contribution < -0.4 is 10.2 Å². The maximum atomic E-state index is 14.4. The first-order valence-electron chi connectivity index (χ1n) is 10.8. The maximum Gasteiger partial charge on any atom is 0.274 e. The van der Waals surface area contributed by atoms with Gasteiger partial charge >= 0.3 is 0 Å². The number of fused-ring (bicyclic) bond motifs is 1. The number of ether oxygens (including phenoxy) is 1. The van der Waals surface area contributed by atoms with Crippen molar-refractivity contribution in [1.82, 2.24) is 9.97 Å². The largest absolute Gasteiger partial charge is 0.370 e. The van der Waals surface area contributed by atoms with E-state index in [0.717, 1.165) is 12.0 Å². The van der Waals surface area contributed by atoms with E-state index >= 15 is 0 Å². The number of anilines is 2. The summed E-state index contributed by atoms with van der Waals surface area (Å²) in [5.41, 5.74) is 1.46. The Hall–Kier alpha value is -2.59. The molecular weight excluding hydrogens is 435 g/mol. The van der Waals surface area contributed by atoms with E-state index in [1.54, 1.807) is 17.3 Å². The van der Waals surface area contributed by atoms with E-state index < -0.39 is 21.6 Å².